The summed E-state index contributed by atoms with van der Waals surface area (Å²) in [6.45, 7) is 9.15. The van der Waals surface area contributed by atoms with Crippen molar-refractivity contribution in [2.45, 2.75) is 90.5 Å². The maximum atomic E-state index is 14.2. The number of hydrogen-bond donors (Lipinski definition) is 4. The number of methoxy groups -OCH3 is 4. The van der Waals surface area contributed by atoms with Crippen LogP contribution in [0.4, 0.5) is 10.5 Å². The fraction of sp³-hybridized carbons (Fsp3) is 0.465. The van der Waals surface area contributed by atoms with Crippen LogP contribution in [0.25, 0.3) is 5.57 Å². The van der Waals surface area contributed by atoms with E-state index in [1.54, 1.807) is 55.3 Å². The number of benzene rings is 3. The third-order valence-corrected chi connectivity index (χ3v) is 9.45. The predicted octanol–water partition coefficient (Wildman–Crippen LogP) is 6.28. The van der Waals surface area contributed by atoms with Crippen molar-refractivity contribution < 1.29 is 43.2 Å². The summed E-state index contributed by atoms with van der Waals surface area (Å²) in [4.78, 5) is 40.9. The van der Waals surface area contributed by atoms with Gasteiger partial charge < -0.3 is 45.2 Å². The van der Waals surface area contributed by atoms with E-state index in [0.29, 0.717) is 47.9 Å². The highest BCUT2D eigenvalue weighted by Crippen LogP contribution is 2.47. The van der Waals surface area contributed by atoms with Crippen LogP contribution in [0, 0.1) is 11.8 Å². The van der Waals surface area contributed by atoms with Crippen LogP contribution in [0.2, 0.25) is 0 Å². The lowest BCUT2D eigenvalue weighted by Crippen LogP contribution is -2.50. The van der Waals surface area contributed by atoms with Crippen LogP contribution >= 0.6 is 0 Å². The van der Waals surface area contributed by atoms with Gasteiger partial charge in [0.1, 0.15) is 17.5 Å². The number of ether oxygens (including phenoxy) is 5. The number of nitrogens with two attached hydrogens (primary N) is 1. The van der Waals surface area contributed by atoms with Crippen LogP contribution in [0.3, 0.4) is 0 Å². The molecule has 0 spiro atoms. The number of aliphatic hydroxyl groups excluding tert-OH is 1. The number of nitrogen functional groups attached to an aromatic ring is 1. The molecule has 0 radical (unpaired) electrons. The number of rotatable bonds is 16. The number of alkyl carbamates (subject to hydrolysis) is 1. The molecule has 4 atom stereocenters. The van der Waals surface area contributed by atoms with Crippen LogP contribution in [-0.2, 0) is 27.2 Å². The minimum absolute atomic E-state index is 0.0663. The largest absolute Gasteiger partial charge is 0.495 e. The maximum Gasteiger partial charge on any atom is 0.407 e. The van der Waals surface area contributed by atoms with Crippen molar-refractivity contribution in [3.05, 3.63) is 82.9 Å². The number of carbonyl (C=O) groups is 3. The Hall–Kier alpha value is -5.23. The van der Waals surface area contributed by atoms with E-state index >= 15 is 0 Å². The van der Waals surface area contributed by atoms with E-state index in [2.05, 4.69) is 10.6 Å². The van der Waals surface area contributed by atoms with Crippen LogP contribution < -0.4 is 35.3 Å². The zero-order valence-electron chi connectivity index (χ0n) is 33.5. The normalized spacial score (nSPS) is 15.7. The van der Waals surface area contributed by atoms with Crippen molar-refractivity contribution in [2.75, 3.05) is 34.2 Å². The van der Waals surface area contributed by atoms with Crippen LogP contribution in [0.5, 0.6) is 23.0 Å². The molecular formula is C43H57N3O9. The van der Waals surface area contributed by atoms with Crippen molar-refractivity contribution in [3.8, 4) is 23.0 Å². The second-order valence-electron chi connectivity index (χ2n) is 15.2. The molecule has 4 rings (SSSR count). The molecule has 0 fully saturated rings. The molecule has 12 heteroatoms. The van der Waals surface area contributed by atoms with Gasteiger partial charge >= 0.3 is 6.09 Å². The summed E-state index contributed by atoms with van der Waals surface area (Å²) < 4.78 is 28.2. The van der Waals surface area contributed by atoms with Gasteiger partial charge in [-0.05, 0) is 92.8 Å². The van der Waals surface area contributed by atoms with Crippen molar-refractivity contribution >= 4 is 29.0 Å². The smallest absolute Gasteiger partial charge is 0.407 e. The average molecular weight is 760 g/mol. The van der Waals surface area contributed by atoms with Gasteiger partial charge in [0.05, 0.1) is 40.2 Å². The summed E-state index contributed by atoms with van der Waals surface area (Å²) in [6.07, 6.45) is 1.01. The predicted molar refractivity (Wildman–Crippen MR) is 213 cm³/mol. The molecule has 1 aliphatic rings. The number of ketones is 1. The van der Waals surface area contributed by atoms with Gasteiger partial charge in [0, 0.05) is 23.9 Å². The van der Waals surface area contributed by atoms with Crippen molar-refractivity contribution in [1.29, 1.82) is 0 Å². The third-order valence-electron chi connectivity index (χ3n) is 9.45. The van der Waals surface area contributed by atoms with Crippen molar-refractivity contribution in [2.24, 2.45) is 11.8 Å². The molecule has 4 unspecified atom stereocenters. The first-order valence-electron chi connectivity index (χ1n) is 18.6. The Kier molecular flexibility index (Phi) is 14.6. The van der Waals surface area contributed by atoms with Crippen LogP contribution in [0.15, 0.2) is 60.7 Å². The fourth-order valence-corrected chi connectivity index (χ4v) is 6.96. The van der Waals surface area contributed by atoms with E-state index in [0.717, 1.165) is 27.8 Å². The summed E-state index contributed by atoms with van der Waals surface area (Å²) in [7, 11) is 6.24. The molecule has 298 valence electrons. The molecule has 0 heterocycles. The van der Waals surface area contributed by atoms with Gasteiger partial charge in [-0.25, -0.2) is 4.79 Å². The first kappa shape index (κ1) is 42.5. The topological polar surface area (TPSA) is 168 Å². The maximum absolute atomic E-state index is 14.2. The minimum atomic E-state index is -1.59. The van der Waals surface area contributed by atoms with E-state index in [-0.39, 0.29) is 24.7 Å². The highest BCUT2D eigenvalue weighted by Gasteiger charge is 2.34. The molecule has 2 amide bonds. The molecule has 3 aromatic rings. The number of anilines is 1. The summed E-state index contributed by atoms with van der Waals surface area (Å²) in [6, 6.07) is 15.2. The molecule has 55 heavy (non-hydrogen) atoms. The highest BCUT2D eigenvalue weighted by atomic mass is 16.6. The summed E-state index contributed by atoms with van der Waals surface area (Å²) in [5.74, 6) is 0.430. The second-order valence-corrected chi connectivity index (χ2v) is 15.2. The molecule has 0 saturated carbocycles. The van der Waals surface area contributed by atoms with Gasteiger partial charge in [-0.15, -0.1) is 0 Å². The third kappa shape index (κ3) is 11.2. The van der Waals surface area contributed by atoms with Crippen molar-refractivity contribution in [3.63, 3.8) is 0 Å². The van der Waals surface area contributed by atoms with Gasteiger partial charge in [-0.3, -0.25) is 9.59 Å². The van der Waals surface area contributed by atoms with E-state index in [9.17, 15) is 19.5 Å². The Bertz CT molecular complexity index is 1830. The van der Waals surface area contributed by atoms with Crippen LogP contribution in [0.1, 0.15) is 76.1 Å². The first-order valence-corrected chi connectivity index (χ1v) is 18.6. The fourth-order valence-electron chi connectivity index (χ4n) is 6.96. The lowest BCUT2D eigenvalue weighted by atomic mass is 9.87. The van der Waals surface area contributed by atoms with Gasteiger partial charge in [-0.2, -0.15) is 0 Å². The number of nitrogens with one attached hydrogen (secondary N) is 2. The number of amides is 2. The van der Waals surface area contributed by atoms with E-state index in [4.69, 9.17) is 29.4 Å². The molecule has 5 N–H and O–H groups in total. The number of aliphatic hydroxyl groups is 1. The van der Waals surface area contributed by atoms with Crippen LogP contribution in [-0.4, -0.2) is 75.1 Å². The molecule has 0 aliphatic heterocycles. The van der Waals surface area contributed by atoms with Gasteiger partial charge in [0.15, 0.2) is 17.3 Å². The zero-order chi connectivity index (χ0) is 40.4. The quantitative estimate of drug-likeness (QED) is 0.122. The number of carbonyl (C=O) groups excluding carboxylic acids is 3. The molecular weight excluding hydrogens is 702 g/mol. The highest BCUT2D eigenvalue weighted by molar-refractivity contribution is 5.91. The Morgan fingerprint density at radius 1 is 0.909 bits per heavy atom. The second kappa shape index (κ2) is 18.9. The minimum Gasteiger partial charge on any atom is -0.495 e. The molecule has 0 aromatic heterocycles. The monoisotopic (exact) mass is 759 g/mol. The summed E-state index contributed by atoms with van der Waals surface area (Å²) in [5, 5.41) is 17.4. The Morgan fingerprint density at radius 3 is 2.16 bits per heavy atom. The van der Waals surface area contributed by atoms with E-state index in [1.165, 1.54) is 0 Å². The molecule has 0 saturated heterocycles. The Balaban J connectivity index is 1.66. The molecule has 0 bridgehead atoms. The van der Waals surface area contributed by atoms with E-state index in [1.807, 2.05) is 68.5 Å². The lowest BCUT2D eigenvalue weighted by Gasteiger charge is -2.27. The lowest BCUT2D eigenvalue weighted by molar-refractivity contribution is -0.134. The Labute approximate surface area is 324 Å². The van der Waals surface area contributed by atoms with Gasteiger partial charge in [0.2, 0.25) is 11.7 Å². The number of hydrogen-bond acceptors (Lipinski definition) is 10. The number of fused-ring (bicyclic) bond motifs is 1. The standard InChI is InChI=1S/C43H57N3O9/c1-25(2)19-28(22-35(47)38(48)34(20-26-13-11-10-12-14-26)46-42(50)55-43(3,4)5)41(49)45-29-16-17-30-32(24-37(52-7)40(54-9)39(30)53-8)31(23-29)27-15-18-36(51-6)33(44)21-27/h10-15,18,21,23-25,28-29,34,38,48H,16-17,19-20,22,44H2,1-9H3,(H,45,49)(H,46,50). The summed E-state index contributed by atoms with van der Waals surface area (Å²) in [5.41, 5.74) is 10.1. The molecule has 1 aliphatic carbocycles. The average Bonchev–Trinajstić information content (AvgIpc) is 3.31. The van der Waals surface area contributed by atoms with E-state index < -0.39 is 41.6 Å². The summed E-state index contributed by atoms with van der Waals surface area (Å²) >= 11 is 0. The van der Waals surface area contributed by atoms with Gasteiger partial charge in [0.25, 0.3) is 0 Å². The zero-order valence-corrected chi connectivity index (χ0v) is 33.5. The number of Topliss-reactive ketones (excluding diaryl/α,β-unsaturated/α-hetero) is 1. The van der Waals surface area contributed by atoms with Crippen molar-refractivity contribution in [1.82, 2.24) is 10.6 Å². The Morgan fingerprint density at radius 2 is 1.58 bits per heavy atom. The SMILES string of the molecule is COc1ccc(C2=CC(NC(=O)C(CC(=O)C(O)C(Cc3ccccc3)NC(=O)OC(C)(C)C)CC(C)C)CCc3c2cc(OC)c(OC)c3OC)cc1N. The molecule has 12 nitrogen and oxygen atoms in total. The first-order chi connectivity index (χ1) is 26.1. The van der Waals surface area contributed by atoms with Gasteiger partial charge in [-0.1, -0.05) is 56.3 Å². The molecule has 3 aromatic carbocycles.